The van der Waals surface area contributed by atoms with Gasteiger partial charge < -0.3 is 4.84 Å². The molecule has 1 aliphatic heterocycles. The number of nitrogens with zero attached hydrogens (tertiary/aromatic N) is 4. The Kier molecular flexibility index (Phi) is 8.67. The van der Waals surface area contributed by atoms with Gasteiger partial charge in [0.05, 0.1) is 0 Å². The van der Waals surface area contributed by atoms with Crippen molar-refractivity contribution in [3.63, 3.8) is 0 Å². The molecule has 8 heteroatoms. The number of azide groups is 1. The van der Waals surface area contributed by atoms with Crippen LogP contribution in [0.3, 0.4) is 0 Å². The second-order valence-corrected chi connectivity index (χ2v) is 5.22. The van der Waals surface area contributed by atoms with Crippen LogP contribution in [0.2, 0.25) is 0 Å². The Morgan fingerprint density at radius 2 is 1.59 bits per heavy atom. The fourth-order valence-electron chi connectivity index (χ4n) is 2.19. The summed E-state index contributed by atoms with van der Waals surface area (Å²) in [6.45, 7) is 0.552. The van der Waals surface area contributed by atoms with E-state index in [1.54, 1.807) is 0 Å². The summed E-state index contributed by atoms with van der Waals surface area (Å²) >= 11 is 0. The summed E-state index contributed by atoms with van der Waals surface area (Å²) < 4.78 is 0. The lowest BCUT2D eigenvalue weighted by Crippen LogP contribution is -2.31. The molecular weight excluding hydrogens is 288 g/mol. The number of amides is 2. The van der Waals surface area contributed by atoms with Gasteiger partial charge in [-0.15, -0.1) is 5.06 Å². The number of hydrogen-bond acceptors (Lipinski definition) is 5. The molecule has 2 amide bonds. The van der Waals surface area contributed by atoms with Crippen molar-refractivity contribution in [1.82, 2.24) is 5.06 Å². The first kappa shape index (κ1) is 18.0. The summed E-state index contributed by atoms with van der Waals surface area (Å²) in [5.74, 6) is -1.42. The highest BCUT2D eigenvalue weighted by Gasteiger charge is 2.32. The lowest BCUT2D eigenvalue weighted by Gasteiger charge is -2.12. The van der Waals surface area contributed by atoms with Gasteiger partial charge in [-0.25, -0.2) is 4.79 Å². The minimum atomic E-state index is -0.530. The van der Waals surface area contributed by atoms with Crippen LogP contribution in [0.1, 0.15) is 64.2 Å². The molecule has 0 aliphatic carbocycles. The van der Waals surface area contributed by atoms with Crippen LogP contribution in [-0.4, -0.2) is 29.4 Å². The van der Waals surface area contributed by atoms with E-state index in [9.17, 15) is 14.4 Å². The molecule has 0 N–H and O–H groups in total. The van der Waals surface area contributed by atoms with Crippen LogP contribution in [0.5, 0.6) is 0 Å². The molecule has 1 fully saturated rings. The van der Waals surface area contributed by atoms with Gasteiger partial charge in [-0.05, 0) is 18.4 Å². The van der Waals surface area contributed by atoms with Gasteiger partial charge in [0.15, 0.2) is 0 Å². The van der Waals surface area contributed by atoms with E-state index in [4.69, 9.17) is 10.4 Å². The SMILES string of the molecule is [N-]=[N+]=NCCCCCCCCCC(=O)ON1C(=O)CCC1=O. The van der Waals surface area contributed by atoms with Crippen molar-refractivity contribution in [3.8, 4) is 0 Å². The molecule has 1 saturated heterocycles. The molecule has 1 rings (SSSR count). The van der Waals surface area contributed by atoms with Crippen LogP contribution in [0.4, 0.5) is 0 Å². The smallest absolute Gasteiger partial charge is 0.330 e. The highest BCUT2D eigenvalue weighted by Crippen LogP contribution is 2.14. The first-order valence-electron chi connectivity index (χ1n) is 7.72. The minimum absolute atomic E-state index is 0.117. The summed E-state index contributed by atoms with van der Waals surface area (Å²) in [7, 11) is 0. The first-order chi connectivity index (χ1) is 10.6. The number of rotatable bonds is 11. The average Bonchev–Trinajstić information content (AvgIpc) is 2.81. The number of unbranched alkanes of at least 4 members (excludes halogenated alkanes) is 6. The van der Waals surface area contributed by atoms with Crippen LogP contribution >= 0.6 is 0 Å². The molecular formula is C14H22N4O4. The third-order valence-electron chi connectivity index (χ3n) is 3.40. The van der Waals surface area contributed by atoms with Gasteiger partial charge in [0.25, 0.3) is 11.8 Å². The van der Waals surface area contributed by atoms with Gasteiger partial charge in [0.2, 0.25) is 0 Å². The third-order valence-corrected chi connectivity index (χ3v) is 3.40. The molecule has 0 aromatic carbocycles. The maximum Gasteiger partial charge on any atom is 0.333 e. The van der Waals surface area contributed by atoms with E-state index in [1.165, 1.54) is 0 Å². The van der Waals surface area contributed by atoms with Crippen molar-refractivity contribution in [2.45, 2.75) is 64.2 Å². The maximum atomic E-state index is 11.5. The van der Waals surface area contributed by atoms with Crippen molar-refractivity contribution in [2.24, 2.45) is 5.11 Å². The number of hydroxylamine groups is 2. The van der Waals surface area contributed by atoms with Crippen LogP contribution in [0.15, 0.2) is 5.11 Å². The monoisotopic (exact) mass is 310 g/mol. The van der Waals surface area contributed by atoms with Gasteiger partial charge in [0, 0.05) is 30.7 Å². The molecule has 0 unspecified atom stereocenters. The zero-order valence-electron chi connectivity index (χ0n) is 12.7. The molecule has 0 saturated carbocycles. The number of hydrogen-bond donors (Lipinski definition) is 0. The Balaban J connectivity index is 1.96. The molecule has 8 nitrogen and oxygen atoms in total. The average molecular weight is 310 g/mol. The van der Waals surface area contributed by atoms with Gasteiger partial charge in [-0.3, -0.25) is 9.59 Å². The van der Waals surface area contributed by atoms with Gasteiger partial charge in [0.1, 0.15) is 0 Å². The van der Waals surface area contributed by atoms with E-state index in [1.807, 2.05) is 0 Å². The van der Waals surface area contributed by atoms with E-state index in [0.29, 0.717) is 18.0 Å². The molecule has 1 aliphatic rings. The fraction of sp³-hybridized carbons (Fsp3) is 0.786. The van der Waals surface area contributed by atoms with Crippen LogP contribution < -0.4 is 0 Å². The molecule has 0 radical (unpaired) electrons. The van der Waals surface area contributed by atoms with Crippen LogP contribution in [-0.2, 0) is 19.2 Å². The Hall–Kier alpha value is -2.08. The van der Waals surface area contributed by atoms with E-state index in [2.05, 4.69) is 10.0 Å². The van der Waals surface area contributed by atoms with E-state index in [-0.39, 0.29) is 19.3 Å². The quantitative estimate of drug-likeness (QED) is 0.192. The van der Waals surface area contributed by atoms with E-state index < -0.39 is 17.8 Å². The van der Waals surface area contributed by atoms with Crippen LogP contribution in [0.25, 0.3) is 10.4 Å². The molecule has 0 atom stereocenters. The standard InChI is InChI=1S/C14H22N4O4/c15-17-16-11-7-5-3-1-2-4-6-8-14(21)22-18-12(19)9-10-13(18)20/h1-11H2. The lowest BCUT2D eigenvalue weighted by molar-refractivity contribution is -0.197. The summed E-state index contributed by atoms with van der Waals surface area (Å²) in [6.07, 6.45) is 7.19. The largest absolute Gasteiger partial charge is 0.333 e. The van der Waals surface area contributed by atoms with Crippen molar-refractivity contribution in [2.75, 3.05) is 6.54 Å². The predicted molar refractivity (Wildman–Crippen MR) is 78.1 cm³/mol. The molecule has 0 aromatic rings. The molecule has 122 valence electrons. The molecule has 1 heterocycles. The van der Waals surface area contributed by atoms with E-state index in [0.717, 1.165) is 38.5 Å². The highest BCUT2D eigenvalue weighted by molar-refractivity contribution is 6.01. The predicted octanol–water partition coefficient (Wildman–Crippen LogP) is 3.02. The maximum absolute atomic E-state index is 11.5. The van der Waals surface area contributed by atoms with Gasteiger partial charge in [-0.2, -0.15) is 0 Å². The second kappa shape index (κ2) is 10.6. The van der Waals surface area contributed by atoms with Gasteiger partial charge >= 0.3 is 5.97 Å². The fourth-order valence-corrected chi connectivity index (χ4v) is 2.19. The summed E-state index contributed by atoms with van der Waals surface area (Å²) in [6, 6.07) is 0. The zero-order valence-corrected chi connectivity index (χ0v) is 12.7. The zero-order chi connectivity index (χ0) is 16.2. The Labute approximate surface area is 129 Å². The Bertz CT molecular complexity index is 430. The number of carbonyl (C=O) groups is 3. The van der Waals surface area contributed by atoms with Crippen molar-refractivity contribution < 1.29 is 19.2 Å². The molecule has 0 spiro atoms. The van der Waals surface area contributed by atoms with Crippen molar-refractivity contribution >= 4 is 17.8 Å². The number of imide groups is 1. The highest BCUT2D eigenvalue weighted by atomic mass is 16.7. The Morgan fingerprint density at radius 3 is 2.18 bits per heavy atom. The molecule has 0 aromatic heterocycles. The summed E-state index contributed by atoms with van der Waals surface area (Å²) in [5, 5.41) is 4.06. The first-order valence-corrected chi connectivity index (χ1v) is 7.72. The van der Waals surface area contributed by atoms with Gasteiger partial charge in [-0.1, -0.05) is 37.2 Å². The molecule has 0 bridgehead atoms. The van der Waals surface area contributed by atoms with Crippen molar-refractivity contribution in [3.05, 3.63) is 10.4 Å². The van der Waals surface area contributed by atoms with E-state index >= 15 is 0 Å². The van der Waals surface area contributed by atoms with Crippen LogP contribution in [0, 0.1) is 0 Å². The topological polar surface area (TPSA) is 112 Å². The summed E-state index contributed by atoms with van der Waals surface area (Å²) in [4.78, 5) is 41.5. The van der Waals surface area contributed by atoms with Crippen molar-refractivity contribution in [1.29, 1.82) is 0 Å². The summed E-state index contributed by atoms with van der Waals surface area (Å²) in [5.41, 5.74) is 8.11. The number of carbonyl (C=O) groups excluding carboxylic acids is 3. The minimum Gasteiger partial charge on any atom is -0.330 e. The molecule has 22 heavy (non-hydrogen) atoms. The second-order valence-electron chi connectivity index (χ2n) is 5.22. The Morgan fingerprint density at radius 1 is 1.05 bits per heavy atom. The lowest BCUT2D eigenvalue weighted by atomic mass is 10.1. The third kappa shape index (κ3) is 7.08. The normalized spacial score (nSPS) is 14.1.